The monoisotopic (exact) mass is 331 g/mol. The smallest absolute Gasteiger partial charge is 0.322 e. The predicted molar refractivity (Wildman–Crippen MR) is 80.0 cm³/mol. The Hall–Kier alpha value is -1.11. The summed E-state index contributed by atoms with van der Waals surface area (Å²) in [5.41, 5.74) is 0.524. The van der Waals surface area contributed by atoms with Gasteiger partial charge in [-0.25, -0.2) is 8.42 Å². The third-order valence-electron chi connectivity index (χ3n) is 3.71. The first-order chi connectivity index (χ1) is 9.84. The van der Waals surface area contributed by atoms with Gasteiger partial charge in [0.15, 0.2) is 0 Å². The minimum Gasteiger partial charge on any atom is -0.480 e. The Morgan fingerprint density at radius 3 is 2.67 bits per heavy atom. The van der Waals surface area contributed by atoms with Gasteiger partial charge in [-0.15, -0.1) is 0 Å². The van der Waals surface area contributed by atoms with Crippen molar-refractivity contribution in [2.75, 3.05) is 6.54 Å². The van der Waals surface area contributed by atoms with E-state index in [1.165, 1.54) is 12.1 Å². The molecule has 21 heavy (non-hydrogen) atoms. The fourth-order valence-electron chi connectivity index (χ4n) is 2.64. The standard InChI is InChI=1S/C14H18ClNO4S/c1-10-9-11(15)6-7-13(10)21(19,20)16-8-4-2-3-5-12(16)14(17)18/h6-7,9,12H,2-5,8H2,1H3,(H,17,18). The molecule has 0 bridgehead atoms. The quantitative estimate of drug-likeness (QED) is 0.924. The number of rotatable bonds is 3. The summed E-state index contributed by atoms with van der Waals surface area (Å²) >= 11 is 5.86. The number of aryl methyl sites for hydroxylation is 1. The number of hydrogen-bond donors (Lipinski definition) is 1. The van der Waals surface area contributed by atoms with Crippen LogP contribution in [0, 0.1) is 6.92 Å². The van der Waals surface area contributed by atoms with Gasteiger partial charge in [0.1, 0.15) is 6.04 Å². The highest BCUT2D eigenvalue weighted by Gasteiger charge is 2.37. The van der Waals surface area contributed by atoms with E-state index in [0.717, 1.165) is 17.1 Å². The molecule has 7 heteroatoms. The molecule has 1 heterocycles. The second-order valence-corrected chi connectivity index (χ2v) is 7.52. The minimum atomic E-state index is -3.83. The van der Waals surface area contributed by atoms with Crippen molar-refractivity contribution >= 4 is 27.6 Å². The van der Waals surface area contributed by atoms with Gasteiger partial charge in [0.2, 0.25) is 10.0 Å². The van der Waals surface area contributed by atoms with E-state index in [4.69, 9.17) is 11.6 Å². The second kappa shape index (κ2) is 6.34. The summed E-state index contributed by atoms with van der Waals surface area (Å²) in [4.78, 5) is 11.5. The zero-order valence-corrected chi connectivity index (χ0v) is 13.3. The van der Waals surface area contributed by atoms with Gasteiger partial charge < -0.3 is 5.11 Å². The van der Waals surface area contributed by atoms with E-state index in [0.29, 0.717) is 23.4 Å². The molecule has 1 atom stereocenters. The number of benzene rings is 1. The van der Waals surface area contributed by atoms with Gasteiger partial charge in [-0.1, -0.05) is 24.4 Å². The van der Waals surface area contributed by atoms with Crippen molar-refractivity contribution in [3.63, 3.8) is 0 Å². The van der Waals surface area contributed by atoms with Crippen LogP contribution in [-0.2, 0) is 14.8 Å². The molecule has 0 saturated carbocycles. The highest BCUT2D eigenvalue weighted by Crippen LogP contribution is 2.28. The first-order valence-corrected chi connectivity index (χ1v) is 8.66. The van der Waals surface area contributed by atoms with Gasteiger partial charge in [-0.05, 0) is 43.5 Å². The Balaban J connectivity index is 2.46. The molecule has 0 spiro atoms. The van der Waals surface area contributed by atoms with Crippen LogP contribution < -0.4 is 0 Å². The van der Waals surface area contributed by atoms with Crippen molar-refractivity contribution in [3.05, 3.63) is 28.8 Å². The molecule has 1 aromatic carbocycles. The molecule has 1 unspecified atom stereocenters. The molecular formula is C14H18ClNO4S. The summed E-state index contributed by atoms with van der Waals surface area (Å²) in [6, 6.07) is 3.53. The topological polar surface area (TPSA) is 74.7 Å². The summed E-state index contributed by atoms with van der Waals surface area (Å²) in [7, 11) is -3.83. The highest BCUT2D eigenvalue weighted by atomic mass is 35.5. The van der Waals surface area contributed by atoms with E-state index in [2.05, 4.69) is 0 Å². The lowest BCUT2D eigenvalue weighted by Crippen LogP contribution is -2.44. The Bertz CT molecular complexity index is 644. The summed E-state index contributed by atoms with van der Waals surface area (Å²) in [6.45, 7) is 1.90. The van der Waals surface area contributed by atoms with Crippen LogP contribution in [0.3, 0.4) is 0 Å². The van der Waals surface area contributed by atoms with E-state index in [-0.39, 0.29) is 11.4 Å². The Morgan fingerprint density at radius 2 is 2.05 bits per heavy atom. The van der Waals surface area contributed by atoms with E-state index in [1.807, 2.05) is 0 Å². The maximum absolute atomic E-state index is 12.8. The summed E-state index contributed by atoms with van der Waals surface area (Å²) in [6.07, 6.45) is 2.59. The molecule has 1 aliphatic heterocycles. The van der Waals surface area contributed by atoms with Gasteiger partial charge >= 0.3 is 5.97 Å². The van der Waals surface area contributed by atoms with Crippen LogP contribution in [0.2, 0.25) is 5.02 Å². The van der Waals surface area contributed by atoms with E-state index >= 15 is 0 Å². The number of halogens is 1. The number of aliphatic carboxylic acids is 1. The molecule has 2 rings (SSSR count). The molecule has 116 valence electrons. The molecule has 1 fully saturated rings. The molecular weight excluding hydrogens is 314 g/mol. The zero-order chi connectivity index (χ0) is 15.6. The molecule has 5 nitrogen and oxygen atoms in total. The average Bonchev–Trinajstić information content (AvgIpc) is 2.64. The average molecular weight is 332 g/mol. The summed E-state index contributed by atoms with van der Waals surface area (Å²) in [5, 5.41) is 9.79. The Labute approximate surface area is 129 Å². The Kier molecular flexibility index (Phi) is 4.91. The Morgan fingerprint density at radius 1 is 1.33 bits per heavy atom. The van der Waals surface area contributed by atoms with Crippen LogP contribution in [0.5, 0.6) is 0 Å². The second-order valence-electron chi connectivity index (χ2n) is 5.23. The number of carbonyl (C=O) groups is 1. The lowest BCUT2D eigenvalue weighted by Gasteiger charge is -2.26. The van der Waals surface area contributed by atoms with Crippen molar-refractivity contribution in [2.24, 2.45) is 0 Å². The third-order valence-corrected chi connectivity index (χ3v) is 6.02. The van der Waals surface area contributed by atoms with E-state index in [9.17, 15) is 18.3 Å². The molecule has 1 aromatic rings. The van der Waals surface area contributed by atoms with Crippen LogP contribution >= 0.6 is 11.6 Å². The molecule has 0 radical (unpaired) electrons. The van der Waals surface area contributed by atoms with Gasteiger partial charge in [-0.2, -0.15) is 4.31 Å². The van der Waals surface area contributed by atoms with Gasteiger partial charge in [0, 0.05) is 11.6 Å². The van der Waals surface area contributed by atoms with Gasteiger partial charge in [0.25, 0.3) is 0 Å². The lowest BCUT2D eigenvalue weighted by atomic mass is 10.1. The van der Waals surface area contributed by atoms with Crippen molar-refractivity contribution in [1.29, 1.82) is 0 Å². The lowest BCUT2D eigenvalue weighted by molar-refractivity contribution is -0.141. The maximum atomic E-state index is 12.8. The van der Waals surface area contributed by atoms with Crippen LogP contribution in [0.4, 0.5) is 0 Å². The number of carboxylic acid groups (broad SMARTS) is 1. The van der Waals surface area contributed by atoms with Crippen molar-refractivity contribution in [3.8, 4) is 0 Å². The predicted octanol–water partition coefficient (Wildman–Crippen LogP) is 2.67. The summed E-state index contributed by atoms with van der Waals surface area (Å²) in [5.74, 6) is -1.09. The SMILES string of the molecule is Cc1cc(Cl)ccc1S(=O)(=O)N1CCCCCC1C(=O)O. The number of sulfonamides is 1. The number of nitrogens with zero attached hydrogens (tertiary/aromatic N) is 1. The summed E-state index contributed by atoms with van der Waals surface area (Å²) < 4.78 is 26.7. The highest BCUT2D eigenvalue weighted by molar-refractivity contribution is 7.89. The zero-order valence-electron chi connectivity index (χ0n) is 11.8. The molecule has 1 aliphatic rings. The van der Waals surface area contributed by atoms with Crippen LogP contribution in [0.25, 0.3) is 0 Å². The number of hydrogen-bond acceptors (Lipinski definition) is 3. The van der Waals surface area contributed by atoms with Crippen molar-refractivity contribution < 1.29 is 18.3 Å². The van der Waals surface area contributed by atoms with E-state index in [1.54, 1.807) is 13.0 Å². The van der Waals surface area contributed by atoms with Gasteiger partial charge in [0.05, 0.1) is 4.90 Å². The maximum Gasteiger partial charge on any atom is 0.322 e. The van der Waals surface area contributed by atoms with Crippen LogP contribution in [-0.4, -0.2) is 36.4 Å². The number of carboxylic acids is 1. The van der Waals surface area contributed by atoms with Gasteiger partial charge in [-0.3, -0.25) is 4.79 Å². The van der Waals surface area contributed by atoms with E-state index < -0.39 is 22.0 Å². The molecule has 0 aliphatic carbocycles. The third kappa shape index (κ3) is 3.39. The first-order valence-electron chi connectivity index (χ1n) is 6.85. The van der Waals surface area contributed by atoms with Crippen LogP contribution in [0.1, 0.15) is 31.2 Å². The largest absolute Gasteiger partial charge is 0.480 e. The first kappa shape index (κ1) is 16.3. The van der Waals surface area contributed by atoms with Crippen LogP contribution in [0.15, 0.2) is 23.1 Å². The minimum absolute atomic E-state index is 0.125. The van der Waals surface area contributed by atoms with Crippen molar-refractivity contribution in [2.45, 2.75) is 43.5 Å². The fourth-order valence-corrected chi connectivity index (χ4v) is 4.73. The normalized spacial score (nSPS) is 21.0. The van der Waals surface area contributed by atoms with Crippen molar-refractivity contribution in [1.82, 2.24) is 4.31 Å². The molecule has 1 N–H and O–H groups in total. The molecule has 0 aromatic heterocycles. The molecule has 0 amide bonds. The molecule has 1 saturated heterocycles. The fraction of sp³-hybridized carbons (Fsp3) is 0.500.